The number of hydrogen-bond donors (Lipinski definition) is 5. The van der Waals surface area contributed by atoms with Crippen molar-refractivity contribution < 1.29 is 14.3 Å². The smallest absolute Gasteiger partial charge is 0.252 e. The van der Waals surface area contributed by atoms with Crippen LogP contribution in [-0.2, 0) is 11.2 Å². The van der Waals surface area contributed by atoms with E-state index in [1.54, 1.807) is 12.1 Å². The molecule has 8 heteroatoms. The highest BCUT2D eigenvalue weighted by Crippen LogP contribution is 2.39. The Hall–Kier alpha value is -2.55. The number of primary amides is 2. The fourth-order valence-corrected chi connectivity index (χ4v) is 3.92. The first-order valence-electron chi connectivity index (χ1n) is 9.93. The van der Waals surface area contributed by atoms with Gasteiger partial charge in [-0.2, -0.15) is 12.6 Å². The van der Waals surface area contributed by atoms with E-state index in [1.807, 2.05) is 36.4 Å². The van der Waals surface area contributed by atoms with Crippen LogP contribution in [0.1, 0.15) is 33.9 Å². The van der Waals surface area contributed by atoms with E-state index >= 15 is 0 Å². The average molecular weight is 429 g/mol. The molecular formula is C22H28N4O3S. The molecule has 0 saturated carbocycles. The molecule has 0 aromatic heterocycles. The lowest BCUT2D eigenvalue weighted by molar-refractivity contribution is -0.125. The number of nitrogens with one attached hydrogen (secondary N) is 1. The van der Waals surface area contributed by atoms with Gasteiger partial charge in [-0.25, -0.2) is 0 Å². The number of thiol groups is 1. The van der Waals surface area contributed by atoms with E-state index < -0.39 is 23.8 Å². The standard InChI is InChI=1S/C22H28N4O3S/c23-14(12-30)11-26-18-10-19(17(22(25)28)9-13-5-2-1-3-6-13)29-20-15(18)7-4-8-16(20)21(24)27/h1-8,14,17-19,26,30H,9-12,23H2,(H2,24,27)(H2,25,28)/t14-,17+,18?,19?/m1/s1. The number of ether oxygens (including phenoxy) is 1. The van der Waals surface area contributed by atoms with E-state index in [9.17, 15) is 9.59 Å². The quantitative estimate of drug-likeness (QED) is 0.382. The minimum absolute atomic E-state index is 0.131. The Labute approximate surface area is 181 Å². The van der Waals surface area contributed by atoms with Gasteiger partial charge >= 0.3 is 0 Å². The van der Waals surface area contributed by atoms with Crippen molar-refractivity contribution in [2.45, 2.75) is 31.0 Å². The molecule has 0 bridgehead atoms. The normalized spacial score (nSPS) is 19.9. The average Bonchev–Trinajstić information content (AvgIpc) is 2.75. The van der Waals surface area contributed by atoms with Crippen LogP contribution in [0, 0.1) is 5.92 Å². The van der Waals surface area contributed by atoms with Crippen LogP contribution in [0.4, 0.5) is 0 Å². The number of nitrogens with two attached hydrogens (primary N) is 3. The third-order valence-corrected chi connectivity index (χ3v) is 5.87. The van der Waals surface area contributed by atoms with Crippen molar-refractivity contribution in [3.63, 3.8) is 0 Å². The van der Waals surface area contributed by atoms with Gasteiger partial charge in [-0.3, -0.25) is 9.59 Å². The van der Waals surface area contributed by atoms with E-state index in [0.717, 1.165) is 11.1 Å². The molecule has 2 amide bonds. The summed E-state index contributed by atoms with van der Waals surface area (Å²) < 4.78 is 6.20. The number of carbonyl (C=O) groups excluding carboxylic acids is 2. The Balaban J connectivity index is 1.93. The van der Waals surface area contributed by atoms with Crippen molar-refractivity contribution in [1.29, 1.82) is 0 Å². The van der Waals surface area contributed by atoms with Gasteiger partial charge in [-0.15, -0.1) is 0 Å². The van der Waals surface area contributed by atoms with Crippen molar-refractivity contribution in [3.05, 3.63) is 65.2 Å². The van der Waals surface area contributed by atoms with Gasteiger partial charge < -0.3 is 27.3 Å². The monoisotopic (exact) mass is 428 g/mol. The number of para-hydroxylation sites is 1. The maximum absolute atomic E-state index is 12.4. The van der Waals surface area contributed by atoms with Gasteiger partial charge in [0.25, 0.3) is 5.91 Å². The van der Waals surface area contributed by atoms with E-state index in [0.29, 0.717) is 30.9 Å². The Kier molecular flexibility index (Phi) is 7.36. The third-order valence-electron chi connectivity index (χ3n) is 5.40. The first-order chi connectivity index (χ1) is 14.4. The summed E-state index contributed by atoms with van der Waals surface area (Å²) in [5, 5.41) is 3.42. The van der Waals surface area contributed by atoms with Gasteiger partial charge in [0, 0.05) is 36.4 Å². The molecule has 0 fully saturated rings. The zero-order chi connectivity index (χ0) is 21.7. The van der Waals surface area contributed by atoms with Gasteiger partial charge in [0.05, 0.1) is 11.5 Å². The number of rotatable bonds is 9. The van der Waals surface area contributed by atoms with Crippen LogP contribution in [0.2, 0.25) is 0 Å². The molecule has 4 atom stereocenters. The van der Waals surface area contributed by atoms with E-state index in [-0.39, 0.29) is 17.6 Å². The van der Waals surface area contributed by atoms with Crippen molar-refractivity contribution in [2.75, 3.05) is 12.3 Å². The Bertz CT molecular complexity index is 893. The first kappa shape index (κ1) is 22.1. The summed E-state index contributed by atoms with van der Waals surface area (Å²) >= 11 is 4.23. The summed E-state index contributed by atoms with van der Waals surface area (Å²) in [4.78, 5) is 24.3. The topological polar surface area (TPSA) is 133 Å². The molecule has 160 valence electrons. The van der Waals surface area contributed by atoms with Crippen LogP contribution in [0.5, 0.6) is 5.75 Å². The molecule has 1 aliphatic rings. The summed E-state index contributed by atoms with van der Waals surface area (Å²) in [6.45, 7) is 0.529. The number of hydrogen-bond acceptors (Lipinski definition) is 6. The molecule has 1 heterocycles. The number of fused-ring (bicyclic) bond motifs is 1. The van der Waals surface area contributed by atoms with Gasteiger partial charge in [0.15, 0.2) is 0 Å². The molecule has 2 unspecified atom stereocenters. The fraction of sp³-hybridized carbons (Fsp3) is 0.364. The Morgan fingerprint density at radius 3 is 2.50 bits per heavy atom. The van der Waals surface area contributed by atoms with Crippen LogP contribution >= 0.6 is 12.6 Å². The molecule has 2 aromatic rings. The SMILES string of the molecule is NC(=O)c1cccc2c1OC([C@H](Cc1ccccc1)C(N)=O)CC2NC[C@@H](N)CS. The van der Waals surface area contributed by atoms with Crippen LogP contribution in [0.25, 0.3) is 0 Å². The van der Waals surface area contributed by atoms with Crippen LogP contribution in [-0.4, -0.2) is 36.3 Å². The first-order valence-corrected chi connectivity index (χ1v) is 10.6. The van der Waals surface area contributed by atoms with Crippen molar-refractivity contribution in [3.8, 4) is 5.75 Å². The maximum atomic E-state index is 12.4. The van der Waals surface area contributed by atoms with Crippen LogP contribution < -0.4 is 27.3 Å². The molecule has 1 aliphatic heterocycles. The fourth-order valence-electron chi connectivity index (χ4n) is 3.79. The molecule has 0 aliphatic carbocycles. The van der Waals surface area contributed by atoms with Gasteiger partial charge in [-0.1, -0.05) is 42.5 Å². The van der Waals surface area contributed by atoms with Crippen LogP contribution in [0.3, 0.4) is 0 Å². The van der Waals surface area contributed by atoms with Crippen molar-refractivity contribution in [1.82, 2.24) is 5.32 Å². The molecule has 0 radical (unpaired) electrons. The predicted molar refractivity (Wildman–Crippen MR) is 119 cm³/mol. The highest BCUT2D eigenvalue weighted by molar-refractivity contribution is 7.80. The summed E-state index contributed by atoms with van der Waals surface area (Å²) in [6.07, 6.45) is 0.438. The van der Waals surface area contributed by atoms with E-state index in [4.69, 9.17) is 21.9 Å². The van der Waals surface area contributed by atoms with E-state index in [2.05, 4.69) is 17.9 Å². The summed E-state index contributed by atoms with van der Waals surface area (Å²) in [5.41, 5.74) is 19.4. The molecule has 2 aromatic carbocycles. The molecule has 7 N–H and O–H groups in total. The lowest BCUT2D eigenvalue weighted by Gasteiger charge is -2.37. The second-order valence-corrected chi connectivity index (χ2v) is 7.95. The number of carbonyl (C=O) groups is 2. The highest BCUT2D eigenvalue weighted by atomic mass is 32.1. The largest absolute Gasteiger partial charge is 0.488 e. The zero-order valence-corrected chi connectivity index (χ0v) is 17.6. The highest BCUT2D eigenvalue weighted by Gasteiger charge is 2.37. The number of amides is 2. The van der Waals surface area contributed by atoms with Gasteiger partial charge in [-0.05, 0) is 18.1 Å². The lowest BCUT2D eigenvalue weighted by Crippen LogP contribution is -2.45. The Morgan fingerprint density at radius 2 is 1.87 bits per heavy atom. The molecule has 0 spiro atoms. The van der Waals surface area contributed by atoms with Crippen molar-refractivity contribution in [2.24, 2.45) is 23.1 Å². The summed E-state index contributed by atoms with van der Waals surface area (Å²) in [7, 11) is 0. The summed E-state index contributed by atoms with van der Waals surface area (Å²) in [6, 6.07) is 14.6. The molecule has 30 heavy (non-hydrogen) atoms. The van der Waals surface area contributed by atoms with Crippen LogP contribution in [0.15, 0.2) is 48.5 Å². The van der Waals surface area contributed by atoms with Gasteiger partial charge in [0.1, 0.15) is 11.9 Å². The maximum Gasteiger partial charge on any atom is 0.252 e. The molecular weight excluding hydrogens is 400 g/mol. The predicted octanol–water partition coefficient (Wildman–Crippen LogP) is 1.17. The molecule has 0 saturated heterocycles. The summed E-state index contributed by atoms with van der Waals surface area (Å²) in [5.74, 6) is -0.667. The van der Waals surface area contributed by atoms with E-state index in [1.165, 1.54) is 0 Å². The second-order valence-electron chi connectivity index (χ2n) is 7.58. The third kappa shape index (κ3) is 5.13. The molecule has 7 nitrogen and oxygen atoms in total. The minimum Gasteiger partial charge on any atom is -0.488 e. The van der Waals surface area contributed by atoms with Crippen molar-refractivity contribution >= 4 is 24.4 Å². The van der Waals surface area contributed by atoms with Gasteiger partial charge in [0.2, 0.25) is 5.91 Å². The lowest BCUT2D eigenvalue weighted by atomic mass is 9.85. The second kappa shape index (κ2) is 9.97. The molecule has 3 rings (SSSR count). The minimum atomic E-state index is -0.586. The zero-order valence-electron chi connectivity index (χ0n) is 16.7. The number of benzene rings is 2. The Morgan fingerprint density at radius 1 is 1.13 bits per heavy atom.